The van der Waals surface area contributed by atoms with Crippen LogP contribution in [0.1, 0.15) is 245 Å². The lowest BCUT2D eigenvalue weighted by Crippen LogP contribution is -2.71. The molecule has 4 fully saturated rings. The average Bonchev–Trinajstić information content (AvgIpc) is 0.761. The second-order valence-corrected chi connectivity index (χ2v) is 28.2. The molecular weight excluding hydrogens is 1320 g/mol. The molecule has 590 valence electrons. The average molecular weight is 1450 g/mol. The van der Waals surface area contributed by atoms with Crippen LogP contribution >= 0.6 is 0 Å². The number of rotatable bonds is 55. The van der Waals surface area contributed by atoms with Crippen LogP contribution in [0.3, 0.4) is 0 Å². The maximum absolute atomic E-state index is 13.6. The fourth-order valence-corrected chi connectivity index (χ4v) is 13.5. The summed E-state index contributed by atoms with van der Waals surface area (Å²) < 4.78 is 47.2. The van der Waals surface area contributed by atoms with Crippen LogP contribution in [0.15, 0.2) is 24.3 Å². The van der Waals surface area contributed by atoms with Gasteiger partial charge in [0.15, 0.2) is 18.9 Å². The van der Waals surface area contributed by atoms with Gasteiger partial charge in [-0.1, -0.05) is 205 Å². The third-order valence-corrected chi connectivity index (χ3v) is 19.7. The molecule has 0 aromatic heterocycles. The van der Waals surface area contributed by atoms with Crippen molar-refractivity contribution in [3.63, 3.8) is 0 Å². The normalized spacial score (nSPS) is 31.5. The van der Waals surface area contributed by atoms with Crippen LogP contribution in [0.5, 0.6) is 0 Å². The molecule has 0 aliphatic carbocycles. The zero-order chi connectivity index (χ0) is 74.1. The molecule has 17 N–H and O–H groups in total. The first kappa shape index (κ1) is 90.4. The van der Waals surface area contributed by atoms with E-state index < -0.39 is 192 Å². The molecule has 2 amide bonds. The van der Waals surface area contributed by atoms with Gasteiger partial charge in [-0.25, -0.2) is 4.79 Å². The minimum atomic E-state index is -3.27. The second kappa shape index (κ2) is 51.3. The van der Waals surface area contributed by atoms with E-state index in [2.05, 4.69) is 36.6 Å². The van der Waals surface area contributed by atoms with Crippen LogP contribution in [0.25, 0.3) is 0 Å². The Morgan fingerprint density at radius 2 is 0.950 bits per heavy atom. The third kappa shape index (κ3) is 31.4. The van der Waals surface area contributed by atoms with Crippen molar-refractivity contribution in [1.82, 2.24) is 10.6 Å². The van der Waals surface area contributed by atoms with E-state index >= 15 is 0 Å². The predicted octanol–water partition coefficient (Wildman–Crippen LogP) is 3.89. The van der Waals surface area contributed by atoms with Crippen molar-refractivity contribution < 1.29 is 129 Å². The van der Waals surface area contributed by atoms with Crippen LogP contribution in [0, 0.1) is 0 Å². The number of aliphatic hydroxyl groups excluding tert-OH is 14. The van der Waals surface area contributed by atoms with Gasteiger partial charge in [-0.15, -0.1) is 0 Å². The number of amides is 2. The molecule has 4 heterocycles. The van der Waals surface area contributed by atoms with Crippen molar-refractivity contribution in [1.29, 1.82) is 0 Å². The number of aliphatic carboxylic acids is 1. The van der Waals surface area contributed by atoms with Gasteiger partial charge < -0.3 is 125 Å². The van der Waals surface area contributed by atoms with Gasteiger partial charge in [-0.3, -0.25) is 9.59 Å². The fourth-order valence-electron chi connectivity index (χ4n) is 13.5. The van der Waals surface area contributed by atoms with Crippen molar-refractivity contribution in [3.8, 4) is 0 Å². The number of carbonyl (C=O) groups is 3. The van der Waals surface area contributed by atoms with Gasteiger partial charge in [0.05, 0.1) is 57.3 Å². The molecule has 28 heteroatoms. The Morgan fingerprint density at radius 3 is 1.44 bits per heavy atom. The number of aliphatic hydroxyl groups is 14. The van der Waals surface area contributed by atoms with E-state index in [1.165, 1.54) is 148 Å². The minimum Gasteiger partial charge on any atom is -0.477 e. The zero-order valence-corrected chi connectivity index (χ0v) is 60.5. The Hall–Kier alpha value is -2.99. The van der Waals surface area contributed by atoms with Crippen LogP contribution in [-0.2, 0) is 52.3 Å². The molecule has 8 unspecified atom stereocenters. The third-order valence-electron chi connectivity index (χ3n) is 19.7. The van der Waals surface area contributed by atoms with Gasteiger partial charge in [-0.05, 0) is 44.9 Å². The predicted molar refractivity (Wildman–Crippen MR) is 371 cm³/mol. The molecule has 0 saturated carbocycles. The lowest BCUT2D eigenvalue weighted by atomic mass is 9.88. The minimum absolute atomic E-state index is 0.163. The number of carboxylic acid groups (broad SMARTS) is 1. The summed E-state index contributed by atoms with van der Waals surface area (Å²) in [6, 6.07) is -2.78. The van der Waals surface area contributed by atoms with E-state index in [0.717, 1.165) is 58.3 Å². The zero-order valence-electron chi connectivity index (χ0n) is 60.5. The van der Waals surface area contributed by atoms with Crippen molar-refractivity contribution in [2.45, 2.75) is 386 Å². The number of nitrogens with one attached hydrogen (secondary N) is 2. The molecule has 28 nitrogen and oxygen atoms in total. The maximum atomic E-state index is 13.6. The molecule has 23 atom stereocenters. The van der Waals surface area contributed by atoms with Gasteiger partial charge in [0.2, 0.25) is 11.8 Å². The molecule has 0 aromatic rings. The summed E-state index contributed by atoms with van der Waals surface area (Å²) in [6.07, 6.45) is 5.47. The first-order valence-corrected chi connectivity index (χ1v) is 38.2. The molecule has 101 heavy (non-hydrogen) atoms. The molecule has 4 aliphatic heterocycles. The largest absolute Gasteiger partial charge is 0.477 e. The highest BCUT2D eigenvalue weighted by atomic mass is 16.8. The van der Waals surface area contributed by atoms with E-state index in [9.17, 15) is 91.0 Å². The lowest BCUT2D eigenvalue weighted by molar-refractivity contribution is -0.404. The molecule has 4 aliphatic rings. The number of carbonyl (C=O) groups excluding carboxylic acids is 2. The number of hydrogen-bond acceptors (Lipinski definition) is 25. The molecule has 0 bridgehead atoms. The number of carboxylic acids is 1. The van der Waals surface area contributed by atoms with Gasteiger partial charge in [0.1, 0.15) is 91.6 Å². The number of ether oxygens (including phenoxy) is 8. The molecule has 0 radical (unpaired) electrons. The van der Waals surface area contributed by atoms with E-state index in [-0.39, 0.29) is 12.3 Å². The molecule has 4 rings (SSSR count). The maximum Gasteiger partial charge on any atom is 0.364 e. The summed E-state index contributed by atoms with van der Waals surface area (Å²) in [6.45, 7) is 0.751. The summed E-state index contributed by atoms with van der Waals surface area (Å²) in [5.41, 5.74) is 0. The summed E-state index contributed by atoms with van der Waals surface area (Å²) in [4.78, 5) is 39.4. The van der Waals surface area contributed by atoms with Crippen LogP contribution in [0.4, 0.5) is 0 Å². The van der Waals surface area contributed by atoms with E-state index in [4.69, 9.17) is 37.9 Å². The highest BCUT2D eigenvalue weighted by Gasteiger charge is 2.61. The quantitative estimate of drug-likeness (QED) is 0.0303. The van der Waals surface area contributed by atoms with Gasteiger partial charge in [-0.2, -0.15) is 0 Å². The van der Waals surface area contributed by atoms with Crippen molar-refractivity contribution in [2.75, 3.05) is 33.0 Å². The van der Waals surface area contributed by atoms with E-state index in [0.29, 0.717) is 12.8 Å². The Bertz CT molecular complexity index is 2240. The summed E-state index contributed by atoms with van der Waals surface area (Å²) >= 11 is 0. The topological polar surface area (TPSA) is 453 Å². The summed E-state index contributed by atoms with van der Waals surface area (Å²) in [5.74, 6) is -6.53. The summed E-state index contributed by atoms with van der Waals surface area (Å²) in [5, 5.41) is 170. The smallest absolute Gasteiger partial charge is 0.364 e. The molecule has 4 saturated heterocycles. The number of unbranched alkanes of at least 4 members (excludes halogenated alkanes) is 30. The summed E-state index contributed by atoms with van der Waals surface area (Å²) in [7, 11) is 0. The number of allylic oxidation sites excluding steroid dienone is 3. The fraction of sp³-hybridized carbons (Fsp3) is 0.904. The Kier molecular flexibility index (Phi) is 45.9. The van der Waals surface area contributed by atoms with Crippen molar-refractivity contribution >= 4 is 17.8 Å². The van der Waals surface area contributed by atoms with Gasteiger partial charge in [0, 0.05) is 19.8 Å². The number of hydrogen-bond donors (Lipinski definition) is 17. The molecular formula is C73H132N2O26. The van der Waals surface area contributed by atoms with Crippen LogP contribution < -0.4 is 10.6 Å². The van der Waals surface area contributed by atoms with Crippen molar-refractivity contribution in [2.24, 2.45) is 0 Å². The van der Waals surface area contributed by atoms with E-state index in [1.807, 2.05) is 6.08 Å². The Morgan fingerprint density at radius 1 is 0.515 bits per heavy atom. The van der Waals surface area contributed by atoms with Crippen molar-refractivity contribution in [3.05, 3.63) is 24.3 Å². The standard InChI is InChI=1S/C73H132N2O26/c1-4-6-8-10-12-14-16-18-19-20-21-22-23-24-25-26-27-29-31-33-35-37-39-41-56(84)75-49(50(81)40-38-36-34-32-30-28-17-15-13-11-9-7-5-2)47-94-69-63(90)61(88)65(54(45-78)96-69)98-71-64(91)68(66(55(46-79)97-71)99-70-62(89)60(87)59(86)53(44-77)95-70)101-73(72(92)93)42-51(82)57(74-48(3)80)67(100-73)58(85)52(83)43-76/h18-19,38,40,49-55,57-71,76-79,81-83,85-91H,4-17,20-37,39,41-47H2,1-3H3,(H,74,80)(H,75,84)(H,92,93)/b19-18-,40-38+/t49-,50+,51?,52+,53?,54?,55?,57+,58+,59-,60-,61+,62?,63?,64?,65+,66-,67?,68+,69+,70-,71-,73-/m0/s1. The van der Waals surface area contributed by atoms with Crippen LogP contribution in [0.2, 0.25) is 0 Å². The van der Waals surface area contributed by atoms with Gasteiger partial charge >= 0.3 is 5.97 Å². The molecule has 0 spiro atoms. The first-order valence-electron chi connectivity index (χ1n) is 38.2. The lowest BCUT2D eigenvalue weighted by Gasteiger charge is -2.52. The Balaban J connectivity index is 1.42. The highest BCUT2D eigenvalue weighted by molar-refractivity contribution is 5.77. The molecule has 0 aromatic carbocycles. The monoisotopic (exact) mass is 1450 g/mol. The second-order valence-electron chi connectivity index (χ2n) is 28.2. The first-order chi connectivity index (χ1) is 48.6. The SMILES string of the molecule is CCCCCCCC/C=C\CCCCCCCCCCCCCCCC(=O)N[C@@H](CO[C@@H]1OC(CO)[C@@H](O[C@@H]2OC(CO)[C@H](O[C@@H]3OC(CO)[C@H](O)[C@H](O)C3O)[C@H](O[C@]3(C(=O)O)CC(O)[C@@H](NC(C)=O)C([C@H](O)[C@H](O)CO)O3)C2O)[C@H](O)C1O)[C@H](O)/C=C/CCCCCCCCCCCCC. The van der Waals surface area contributed by atoms with E-state index in [1.54, 1.807) is 6.08 Å². The Labute approximate surface area is 598 Å². The highest BCUT2D eigenvalue weighted by Crippen LogP contribution is 2.40. The van der Waals surface area contributed by atoms with Crippen LogP contribution in [-0.4, -0.2) is 268 Å². The van der Waals surface area contributed by atoms with Gasteiger partial charge in [0.25, 0.3) is 5.79 Å².